The van der Waals surface area contributed by atoms with Crippen LogP contribution in [0.15, 0.2) is 66.0 Å². The maximum absolute atomic E-state index is 13.4. The van der Waals surface area contributed by atoms with Crippen molar-refractivity contribution in [1.82, 2.24) is 14.8 Å². The molecule has 32 heavy (non-hydrogen) atoms. The van der Waals surface area contributed by atoms with Gasteiger partial charge in [-0.15, -0.1) is 16.4 Å². The minimum Gasteiger partial charge on any atom is -0.493 e. The molecule has 0 atom stereocenters. The van der Waals surface area contributed by atoms with Gasteiger partial charge in [0.25, 0.3) is 5.91 Å². The van der Waals surface area contributed by atoms with Crippen molar-refractivity contribution < 1.29 is 13.9 Å². The van der Waals surface area contributed by atoms with Crippen molar-refractivity contribution in [2.45, 2.75) is 12.8 Å². The number of aromatic nitrogens is 3. The lowest BCUT2D eigenvalue weighted by Crippen LogP contribution is -2.14. The van der Waals surface area contributed by atoms with E-state index in [4.69, 9.17) is 10.00 Å². The van der Waals surface area contributed by atoms with Gasteiger partial charge in [0, 0.05) is 18.2 Å². The van der Waals surface area contributed by atoms with Gasteiger partial charge in [-0.1, -0.05) is 12.1 Å². The van der Waals surface area contributed by atoms with Crippen LogP contribution in [0, 0.1) is 17.1 Å². The number of carbonyl (C=O) groups excluding carboxylic acids is 1. The number of amides is 1. The zero-order valence-corrected chi connectivity index (χ0v) is 17.7. The quantitative estimate of drug-likeness (QED) is 0.381. The molecular weight excluding hydrogens is 429 g/mol. The molecule has 0 radical (unpaired) electrons. The maximum Gasteiger partial charge on any atom is 0.295 e. The molecule has 9 heteroatoms. The van der Waals surface area contributed by atoms with Crippen molar-refractivity contribution in [2.75, 3.05) is 11.9 Å². The van der Waals surface area contributed by atoms with Crippen LogP contribution in [0.1, 0.15) is 23.5 Å². The van der Waals surface area contributed by atoms with E-state index < -0.39 is 5.91 Å². The van der Waals surface area contributed by atoms with E-state index in [9.17, 15) is 9.18 Å². The molecule has 0 aliphatic heterocycles. The second kappa shape index (κ2) is 9.85. The summed E-state index contributed by atoms with van der Waals surface area (Å²) in [7, 11) is 0. The van der Waals surface area contributed by atoms with Gasteiger partial charge in [0.1, 0.15) is 11.6 Å². The first-order chi connectivity index (χ1) is 15.6. The number of thiophene rings is 1. The van der Waals surface area contributed by atoms with Crippen LogP contribution in [0.2, 0.25) is 0 Å². The molecule has 4 rings (SSSR count). The molecule has 0 fully saturated rings. The standard InChI is InChI=1S/C23H18FN5O2S/c24-16-8-10-18(11-9-16)29-22(20-7-4-14-32-20)27-21(28-29)23(30)26-17-5-3-6-19(15-17)31-13-2-1-12-25/h3-11,14-15H,1-2,13H2,(H,26,30). The molecule has 0 aliphatic rings. The third-order valence-corrected chi connectivity index (χ3v) is 5.28. The number of nitrogens with zero attached hydrogens (tertiary/aromatic N) is 4. The van der Waals surface area contributed by atoms with Gasteiger partial charge in [-0.25, -0.2) is 14.1 Å². The second-order valence-corrected chi connectivity index (χ2v) is 7.66. The Morgan fingerprint density at radius 3 is 2.78 bits per heavy atom. The minimum atomic E-state index is -0.481. The number of unbranched alkanes of at least 4 members (excludes halogenated alkanes) is 1. The summed E-state index contributed by atoms with van der Waals surface area (Å²) in [5.74, 6) is 0.221. The normalized spacial score (nSPS) is 10.5. The van der Waals surface area contributed by atoms with Crippen LogP contribution in [0.4, 0.5) is 10.1 Å². The molecule has 0 aliphatic carbocycles. The number of rotatable bonds is 8. The summed E-state index contributed by atoms with van der Waals surface area (Å²) in [6, 6.07) is 18.6. The Morgan fingerprint density at radius 2 is 2.03 bits per heavy atom. The number of ether oxygens (including phenoxy) is 1. The average Bonchev–Trinajstić information content (AvgIpc) is 3.48. The molecule has 2 aromatic carbocycles. The van der Waals surface area contributed by atoms with Crippen LogP contribution in [0.5, 0.6) is 5.75 Å². The van der Waals surface area contributed by atoms with Crippen molar-refractivity contribution in [3.63, 3.8) is 0 Å². The number of benzene rings is 2. The predicted molar refractivity (Wildman–Crippen MR) is 119 cm³/mol. The molecule has 0 unspecified atom stereocenters. The molecule has 0 spiro atoms. The van der Waals surface area contributed by atoms with Gasteiger partial charge in [0.05, 0.1) is 23.2 Å². The van der Waals surface area contributed by atoms with E-state index in [1.165, 1.54) is 28.2 Å². The summed E-state index contributed by atoms with van der Waals surface area (Å²) in [5, 5.41) is 17.7. The number of carbonyl (C=O) groups is 1. The highest BCUT2D eigenvalue weighted by atomic mass is 32.1. The monoisotopic (exact) mass is 447 g/mol. The third-order valence-electron chi connectivity index (χ3n) is 4.42. The summed E-state index contributed by atoms with van der Waals surface area (Å²) < 4.78 is 20.5. The van der Waals surface area contributed by atoms with Gasteiger partial charge >= 0.3 is 0 Å². The van der Waals surface area contributed by atoms with E-state index in [2.05, 4.69) is 21.5 Å². The first-order valence-electron chi connectivity index (χ1n) is 9.82. The number of hydrogen-bond donors (Lipinski definition) is 1. The van der Waals surface area contributed by atoms with Gasteiger partial charge in [0.15, 0.2) is 5.82 Å². The highest BCUT2D eigenvalue weighted by molar-refractivity contribution is 7.13. The molecular formula is C23H18FN5O2S. The molecule has 1 amide bonds. The Hall–Kier alpha value is -4.03. The van der Waals surface area contributed by atoms with Gasteiger partial charge in [-0.05, 0) is 54.3 Å². The van der Waals surface area contributed by atoms with E-state index in [0.717, 1.165) is 4.88 Å². The first kappa shape index (κ1) is 21.2. The molecule has 0 saturated carbocycles. The highest BCUT2D eigenvalue weighted by Gasteiger charge is 2.19. The number of nitrogens with one attached hydrogen (secondary N) is 1. The smallest absolute Gasteiger partial charge is 0.295 e. The fourth-order valence-corrected chi connectivity index (χ4v) is 3.63. The van der Waals surface area contributed by atoms with Crippen LogP contribution < -0.4 is 10.1 Å². The highest BCUT2D eigenvalue weighted by Crippen LogP contribution is 2.26. The first-order valence-corrected chi connectivity index (χ1v) is 10.7. The topological polar surface area (TPSA) is 92.8 Å². The zero-order chi connectivity index (χ0) is 22.3. The molecule has 160 valence electrons. The van der Waals surface area contributed by atoms with Crippen molar-refractivity contribution in [2.24, 2.45) is 0 Å². The molecule has 1 N–H and O–H groups in total. The Labute approximate surface area is 187 Å². The van der Waals surface area contributed by atoms with Crippen molar-refractivity contribution >= 4 is 22.9 Å². The molecule has 0 saturated heterocycles. The lowest BCUT2D eigenvalue weighted by molar-refractivity contribution is 0.101. The van der Waals surface area contributed by atoms with Crippen molar-refractivity contribution in [1.29, 1.82) is 5.26 Å². The Balaban J connectivity index is 1.56. The van der Waals surface area contributed by atoms with E-state index in [1.54, 1.807) is 36.4 Å². The van der Waals surface area contributed by atoms with E-state index in [-0.39, 0.29) is 11.6 Å². The van der Waals surface area contributed by atoms with Crippen molar-refractivity contribution in [3.05, 3.63) is 77.7 Å². The molecule has 2 aromatic heterocycles. The van der Waals surface area contributed by atoms with Crippen LogP contribution >= 0.6 is 11.3 Å². The number of nitriles is 1. The SMILES string of the molecule is N#CCCCOc1cccc(NC(=O)c2nc(-c3cccs3)n(-c3ccc(F)cc3)n2)c1. The van der Waals surface area contributed by atoms with E-state index in [0.29, 0.717) is 42.4 Å². The predicted octanol–water partition coefficient (Wildman–Crippen LogP) is 5.07. The van der Waals surface area contributed by atoms with Crippen LogP contribution in [0.3, 0.4) is 0 Å². The molecule has 4 aromatic rings. The fraction of sp³-hybridized carbons (Fsp3) is 0.130. The summed E-state index contributed by atoms with van der Waals surface area (Å²) in [4.78, 5) is 18.1. The van der Waals surface area contributed by atoms with Gasteiger partial charge in [-0.2, -0.15) is 5.26 Å². The summed E-state index contributed by atoms with van der Waals surface area (Å²) in [6.07, 6.45) is 1.05. The van der Waals surface area contributed by atoms with E-state index in [1.807, 2.05) is 17.5 Å². The largest absolute Gasteiger partial charge is 0.493 e. The zero-order valence-electron chi connectivity index (χ0n) is 16.9. The van der Waals surface area contributed by atoms with Crippen LogP contribution in [0.25, 0.3) is 16.4 Å². The number of hydrogen-bond acceptors (Lipinski definition) is 6. The third kappa shape index (κ3) is 4.99. The van der Waals surface area contributed by atoms with Gasteiger partial charge in [-0.3, -0.25) is 4.79 Å². The van der Waals surface area contributed by atoms with E-state index >= 15 is 0 Å². The number of anilines is 1. The second-order valence-electron chi connectivity index (χ2n) is 6.72. The fourth-order valence-electron chi connectivity index (χ4n) is 2.93. The summed E-state index contributed by atoms with van der Waals surface area (Å²) in [6.45, 7) is 0.415. The number of halogens is 1. The lowest BCUT2D eigenvalue weighted by atomic mass is 10.3. The Bertz CT molecular complexity index is 1250. The maximum atomic E-state index is 13.4. The Morgan fingerprint density at radius 1 is 1.19 bits per heavy atom. The molecule has 7 nitrogen and oxygen atoms in total. The average molecular weight is 447 g/mol. The summed E-state index contributed by atoms with van der Waals surface area (Å²) >= 11 is 1.46. The van der Waals surface area contributed by atoms with Gasteiger partial charge < -0.3 is 10.1 Å². The molecule has 0 bridgehead atoms. The summed E-state index contributed by atoms with van der Waals surface area (Å²) in [5.41, 5.74) is 1.12. The van der Waals surface area contributed by atoms with Gasteiger partial charge in [0.2, 0.25) is 5.82 Å². The van der Waals surface area contributed by atoms with Crippen LogP contribution in [-0.2, 0) is 0 Å². The van der Waals surface area contributed by atoms with Crippen LogP contribution in [-0.4, -0.2) is 27.3 Å². The Kier molecular flexibility index (Phi) is 6.53. The lowest BCUT2D eigenvalue weighted by Gasteiger charge is -2.07. The minimum absolute atomic E-state index is 0.0157. The van der Waals surface area contributed by atoms with Crippen molar-refractivity contribution in [3.8, 4) is 28.2 Å². The molecule has 2 heterocycles.